The fraction of sp³-hybridized carbons (Fsp3) is 0. The lowest BCUT2D eigenvalue weighted by molar-refractivity contribution is 0.669. The molecular formula is C24H17NOS101. The van der Waals surface area contributed by atoms with Crippen molar-refractivity contribution in [1.29, 1.82) is 0 Å². The summed E-state index contributed by atoms with van der Waals surface area (Å²) in [5.74, 6) is 0. The maximum absolute atomic E-state index is 5.97. The van der Waals surface area contributed by atoms with Gasteiger partial charge in [0.1, 0.15) is 11.2 Å². The van der Waals surface area contributed by atoms with Gasteiger partial charge in [0.15, 0.2) is 0 Å². The van der Waals surface area contributed by atoms with Gasteiger partial charge in [-0.2, -0.15) is 0 Å². The summed E-state index contributed by atoms with van der Waals surface area (Å²) in [6.07, 6.45) is 0. The molecular weight excluding hydrogens is 3560 g/mol. The molecule has 0 saturated heterocycles. The van der Waals surface area contributed by atoms with Crippen molar-refractivity contribution in [3.05, 3.63) is 97.1 Å². The topological polar surface area (TPSA) is 25.2 Å². The number of benzene rings is 4. The van der Waals surface area contributed by atoms with Gasteiger partial charge in [0, 0.05) is 930 Å². The monoisotopic (exact) mass is 3560 g/mol. The van der Waals surface area contributed by atoms with Crippen molar-refractivity contribution in [1.82, 2.24) is 0 Å². The van der Waals surface area contributed by atoms with Crippen LogP contribution in [0.1, 0.15) is 0 Å². The average molecular weight is 3570 g/mol. The maximum atomic E-state index is 5.97. The summed E-state index contributed by atoms with van der Waals surface area (Å²) >= 11 is 9.66. The third-order valence-electron chi connectivity index (χ3n) is 7.38. The Bertz CT molecular complexity index is 9640. The van der Waals surface area contributed by atoms with Crippen LogP contribution in [0.2, 0.25) is 0 Å². The highest BCUT2D eigenvalue weighted by Gasteiger charge is 2.07. The van der Waals surface area contributed by atoms with Gasteiger partial charge in [-0.15, -0.1) is 0 Å². The molecule has 2 nitrogen and oxygen atoms in total. The molecule has 0 atom stereocenters. The molecule has 103 heteroatoms. The summed E-state index contributed by atoms with van der Waals surface area (Å²) in [7, 11) is 179. The van der Waals surface area contributed by atoms with E-state index in [0.717, 1.165) is 33.3 Å². The molecule has 0 saturated carbocycles. The standard InChI is InChI=1S/C24H17NO.S101/c1-2-6-17(7-3-1)18-10-12-19(13-11-18)25-20-14-15-22-21-8-4-5-9-23(21)26-24(22)16-20;1-3-5-7-9-11-13-15-17-19-21-23-25-27-29-31-33-35-37-39-41-43-45-47-49-51-53-55-57-59-61-63-65-67-69-71-73-75-77-79-81-83-85-87-89-91-93-95-97-99-101-100-98-96-94-92-90-88-86-84-82-80-78-76-74-72-70-68-66-64-62-60-58-56-54-52-50-48-46-44-42-40-38-36-34-32-30-28-26-24-22-20-18-16-14-12-10-8-6-4-2/h1-16,25H;. The van der Waals surface area contributed by atoms with Crippen LogP contribution in [0.5, 0.6) is 0 Å². The number of hydrogen-bond acceptors (Lipinski definition) is 4. The summed E-state index contributed by atoms with van der Waals surface area (Å²) in [6, 6.07) is 33.3. The first kappa shape index (κ1) is 138. The van der Waals surface area contributed by atoms with Gasteiger partial charge < -0.3 is 9.73 Å². The minimum atomic E-state index is 0.900. The lowest BCUT2D eigenvalue weighted by atomic mass is 10.1. The second-order valence-electron chi connectivity index (χ2n) is 13.1. The van der Waals surface area contributed by atoms with Crippen LogP contribution in [-0.2, 0) is 902 Å². The Hall–Kier alpha value is 18.7. The minimum Gasteiger partial charge on any atom is -0.456 e. The van der Waals surface area contributed by atoms with E-state index in [1.54, 1.807) is 107 Å². The second kappa shape index (κ2) is 117. The van der Waals surface area contributed by atoms with E-state index in [1.165, 1.54) is 28.9 Å². The fourth-order valence-electron chi connectivity index (χ4n) is 4.45. The van der Waals surface area contributed by atoms with Crippen molar-refractivity contribution in [3.63, 3.8) is 0 Å². The van der Waals surface area contributed by atoms with Crippen LogP contribution in [0.3, 0.4) is 0 Å². The Morgan fingerprint density at radius 1 is 0.142 bits per heavy atom. The average Bonchev–Trinajstić information content (AvgIpc) is 1.63. The first-order chi connectivity index (χ1) is 63.3. The molecule has 0 spiro atoms. The van der Waals surface area contributed by atoms with Crippen molar-refractivity contribution in [2.45, 2.75) is 0 Å². The molecule has 730 valence electrons. The Morgan fingerprint density at radius 2 is 0.299 bits per heavy atom. The Labute approximate surface area is 1020 Å². The van der Waals surface area contributed by atoms with E-state index in [1.807, 2.05) is 779 Å². The van der Waals surface area contributed by atoms with Gasteiger partial charge in [-0.25, -0.2) is 0 Å². The smallest absolute Gasteiger partial charge is 0.137 e. The van der Waals surface area contributed by atoms with E-state index in [2.05, 4.69) is 78.1 Å². The summed E-state index contributed by atoms with van der Waals surface area (Å²) in [5, 5.41) is 5.76. The molecule has 0 aliphatic heterocycles. The number of furan rings is 1. The third kappa shape index (κ3) is 96.5. The highest BCUT2D eigenvalue weighted by molar-refractivity contribution is 8.87. The van der Waals surface area contributed by atoms with Crippen molar-refractivity contribution < 1.29 is 4.42 Å². The zero-order valence-electron chi connectivity index (χ0n) is 55.4. The predicted molar refractivity (Wildman–Crippen MR) is 853 cm³/mol. The van der Waals surface area contributed by atoms with Crippen molar-refractivity contribution in [2.24, 2.45) is 0 Å². The molecule has 5 rings (SSSR count). The summed E-state index contributed by atoms with van der Waals surface area (Å²) in [5.41, 5.74) is 6.33. The minimum absolute atomic E-state index is 0.900. The number of rotatable bonds is 3. The van der Waals surface area contributed by atoms with Crippen LogP contribution in [-0.4, -0.2) is 0 Å². The predicted octanol–water partition coefficient (Wildman–Crippen LogP) is 6.75. The largest absolute Gasteiger partial charge is 0.456 e. The van der Waals surface area contributed by atoms with Crippen LogP contribution in [0.25, 0.3) is 33.1 Å². The van der Waals surface area contributed by atoms with E-state index < -0.39 is 0 Å². The van der Waals surface area contributed by atoms with Crippen molar-refractivity contribution >= 4 is 935 Å². The second-order valence-corrected chi connectivity index (χ2v) is 188. The normalized spacial score (nSPS) is 8.54. The van der Waals surface area contributed by atoms with Gasteiger partial charge in [-0.05, 0) is 41.5 Å². The molecule has 4 aromatic carbocycles. The van der Waals surface area contributed by atoms with E-state index in [-0.39, 0.29) is 0 Å². The van der Waals surface area contributed by atoms with Gasteiger partial charge in [-0.1, -0.05) is 60.7 Å². The van der Waals surface area contributed by atoms with E-state index in [0.29, 0.717) is 0 Å². The zero-order chi connectivity index (χ0) is 89.4. The molecule has 127 heavy (non-hydrogen) atoms. The van der Waals surface area contributed by atoms with Crippen LogP contribution in [0.4, 0.5) is 11.4 Å². The third-order valence-corrected chi connectivity index (χ3v) is 225. The molecule has 0 amide bonds. The first-order valence-corrected chi connectivity index (χ1v) is 159. The maximum Gasteiger partial charge on any atom is 0.137 e. The molecule has 0 bridgehead atoms. The molecule has 0 unspecified atom stereocenters. The Balaban J connectivity index is 0.00000108. The van der Waals surface area contributed by atoms with Crippen LogP contribution in [0, 0.1) is 0 Å². The number of fused-ring (bicyclic) bond motifs is 3. The number of hydrogen-bond donors (Lipinski definition) is 1. The first-order valence-electron chi connectivity index (χ1n) is 25.4. The quantitative estimate of drug-likeness (QED) is 0.217. The lowest BCUT2D eigenvalue weighted by Gasteiger charge is -2.08. The highest BCUT2D eigenvalue weighted by atomic mass is 33.6. The molecule has 1 aromatic heterocycles. The Kier molecular flexibility index (Phi) is 127. The van der Waals surface area contributed by atoms with Gasteiger partial charge in [0.05, 0.1) is 0 Å². The fourth-order valence-corrected chi connectivity index (χ4v) is 271. The zero-order valence-corrected chi connectivity index (χ0v) is 138. The molecule has 0 radical (unpaired) electrons. The number of anilines is 2. The van der Waals surface area contributed by atoms with Crippen LogP contribution >= 0.6 is 0 Å². The molecule has 1 heterocycles. The highest BCUT2D eigenvalue weighted by Crippen LogP contribution is 2.31. The lowest BCUT2D eigenvalue weighted by Crippen LogP contribution is -1.89. The van der Waals surface area contributed by atoms with Gasteiger partial charge >= 0.3 is 0 Å². The van der Waals surface area contributed by atoms with E-state index >= 15 is 0 Å². The van der Waals surface area contributed by atoms with E-state index in [9.17, 15) is 0 Å². The van der Waals surface area contributed by atoms with E-state index in [4.69, 9.17) is 26.8 Å². The summed E-state index contributed by atoms with van der Waals surface area (Å²) in [4.78, 5) is 0. The summed E-state index contributed by atoms with van der Waals surface area (Å²) < 4.78 is 5.97. The van der Waals surface area contributed by atoms with Crippen molar-refractivity contribution in [2.75, 3.05) is 5.32 Å². The molecule has 0 fully saturated rings. The van der Waals surface area contributed by atoms with Crippen LogP contribution < -0.4 is 5.32 Å². The molecule has 5 aromatic rings. The summed E-state index contributed by atoms with van der Waals surface area (Å²) in [6.45, 7) is 0. The molecule has 0 aliphatic carbocycles. The number of nitrogens with one attached hydrogen (secondary N) is 1. The number of para-hydroxylation sites is 1. The SMILES string of the molecule is S=S=S=S=S=S=S=S=S=S=S=S=S=S=S=S=S=S=S=S=S=S=S=S=S=S=S=S=S=S=S=S=S=S=S=S=S=S=S=S=S=S=S=S=S=S=S=S=S=S=S=S=S=S=S=S=S=S=S=S=S=S=S=S=S=S=S=S=S=S=S=S=S=S=S=S=S=S=S=S=S=S=S=S=S=S=S=S=S=S=S=S=S=S=S=S=S=S=S=S=S.c1ccc(-c2ccc(Nc3ccc4c(c3)oc3ccccc34)cc2)cc1. The van der Waals surface area contributed by atoms with Gasteiger partial charge in [0.2, 0.25) is 0 Å². The van der Waals surface area contributed by atoms with Crippen LogP contribution in [0.15, 0.2) is 101 Å². The van der Waals surface area contributed by atoms with Gasteiger partial charge in [-0.3, -0.25) is 0 Å². The molecule has 1 N–H and O–H groups in total. The van der Waals surface area contributed by atoms with Gasteiger partial charge in [0.25, 0.3) is 0 Å². The Morgan fingerprint density at radius 3 is 0.496 bits per heavy atom. The van der Waals surface area contributed by atoms with Crippen molar-refractivity contribution in [3.8, 4) is 11.1 Å². The molecule has 0 aliphatic rings.